The largest absolute Gasteiger partial charge is 0.248 e. The van der Waals surface area contributed by atoms with Crippen LogP contribution in [-0.2, 0) is 0 Å². The predicted octanol–water partition coefficient (Wildman–Crippen LogP) is 6.05. The number of hydrogen-bond donors (Lipinski definition) is 0. The van der Waals surface area contributed by atoms with Crippen molar-refractivity contribution >= 4 is 33.4 Å². The van der Waals surface area contributed by atoms with Gasteiger partial charge in [0, 0.05) is 16.4 Å². The second kappa shape index (κ2) is 5.24. The highest BCUT2D eigenvalue weighted by Gasteiger charge is 2.35. The van der Waals surface area contributed by atoms with Crippen molar-refractivity contribution in [2.24, 2.45) is 0 Å². The molecule has 20 heavy (non-hydrogen) atoms. The number of alkyl halides is 2. The molecule has 3 heteroatoms. The Morgan fingerprint density at radius 3 is 2.35 bits per heavy atom. The molecule has 2 aromatic carbocycles. The molecule has 1 saturated carbocycles. The summed E-state index contributed by atoms with van der Waals surface area (Å²) in [7, 11) is 0. The van der Waals surface area contributed by atoms with Crippen molar-refractivity contribution < 1.29 is 8.78 Å². The lowest BCUT2D eigenvalue weighted by atomic mass is 9.80. The average molecular weight is 386 g/mol. The van der Waals surface area contributed by atoms with E-state index in [-0.39, 0.29) is 18.8 Å². The third-order valence-corrected chi connectivity index (χ3v) is 5.56. The summed E-state index contributed by atoms with van der Waals surface area (Å²) in [6.45, 7) is 2.13. The Morgan fingerprint density at radius 2 is 1.70 bits per heavy atom. The second-order valence-electron chi connectivity index (χ2n) is 5.75. The SMILES string of the molecule is Cc1c(I)cc(C2CCC(F)(F)CC2)c2ccccc12. The van der Waals surface area contributed by atoms with E-state index < -0.39 is 5.92 Å². The van der Waals surface area contributed by atoms with E-state index in [1.54, 1.807) is 0 Å². The minimum atomic E-state index is -2.45. The lowest BCUT2D eigenvalue weighted by Crippen LogP contribution is -2.23. The van der Waals surface area contributed by atoms with Crippen molar-refractivity contribution in [1.29, 1.82) is 0 Å². The fraction of sp³-hybridized carbons (Fsp3) is 0.412. The highest BCUT2D eigenvalue weighted by Crippen LogP contribution is 2.43. The van der Waals surface area contributed by atoms with E-state index in [9.17, 15) is 8.78 Å². The van der Waals surface area contributed by atoms with Gasteiger partial charge < -0.3 is 0 Å². The van der Waals surface area contributed by atoms with Crippen LogP contribution in [0.2, 0.25) is 0 Å². The van der Waals surface area contributed by atoms with Gasteiger partial charge in [0.15, 0.2) is 0 Å². The summed E-state index contributed by atoms with van der Waals surface area (Å²) in [4.78, 5) is 0. The molecular formula is C17H17F2I. The molecule has 0 spiro atoms. The van der Waals surface area contributed by atoms with Crippen molar-refractivity contribution in [1.82, 2.24) is 0 Å². The highest BCUT2D eigenvalue weighted by molar-refractivity contribution is 14.1. The van der Waals surface area contributed by atoms with E-state index in [0.29, 0.717) is 12.8 Å². The van der Waals surface area contributed by atoms with E-state index in [4.69, 9.17) is 0 Å². The van der Waals surface area contributed by atoms with Crippen LogP contribution in [0.15, 0.2) is 30.3 Å². The Bertz CT molecular complexity index is 639. The summed E-state index contributed by atoms with van der Waals surface area (Å²) in [6.07, 6.45) is 1.24. The third-order valence-electron chi connectivity index (χ3n) is 4.44. The van der Waals surface area contributed by atoms with Crippen molar-refractivity contribution in [2.75, 3.05) is 0 Å². The molecule has 0 unspecified atom stereocenters. The number of aryl methyl sites for hydroxylation is 1. The van der Waals surface area contributed by atoms with Crippen molar-refractivity contribution in [2.45, 2.75) is 44.4 Å². The number of halogens is 3. The number of hydrogen-bond acceptors (Lipinski definition) is 0. The summed E-state index contributed by atoms with van der Waals surface area (Å²) in [5, 5.41) is 2.49. The summed E-state index contributed by atoms with van der Waals surface area (Å²) in [6, 6.07) is 10.5. The van der Waals surface area contributed by atoms with Crippen LogP contribution in [0.4, 0.5) is 8.78 Å². The zero-order chi connectivity index (χ0) is 14.3. The zero-order valence-electron chi connectivity index (χ0n) is 11.4. The molecule has 0 radical (unpaired) electrons. The van der Waals surface area contributed by atoms with Crippen molar-refractivity contribution in [3.63, 3.8) is 0 Å². The molecule has 0 saturated heterocycles. The summed E-state index contributed by atoms with van der Waals surface area (Å²) in [5.41, 5.74) is 2.54. The molecule has 0 amide bonds. The van der Waals surface area contributed by atoms with Crippen LogP contribution < -0.4 is 0 Å². The molecule has 0 N–H and O–H groups in total. The minimum absolute atomic E-state index is 0.0243. The van der Waals surface area contributed by atoms with Crippen LogP contribution in [0.1, 0.15) is 42.7 Å². The summed E-state index contributed by atoms with van der Waals surface area (Å²) >= 11 is 2.35. The fourth-order valence-electron chi connectivity index (χ4n) is 3.20. The van der Waals surface area contributed by atoms with Crippen LogP contribution in [0.25, 0.3) is 10.8 Å². The normalized spacial score (nSPS) is 19.4. The monoisotopic (exact) mass is 386 g/mol. The number of fused-ring (bicyclic) bond motifs is 1. The van der Waals surface area contributed by atoms with Gasteiger partial charge >= 0.3 is 0 Å². The molecule has 0 aliphatic heterocycles. The molecule has 0 aromatic heterocycles. The molecule has 1 aliphatic rings. The lowest BCUT2D eigenvalue weighted by Gasteiger charge is -2.29. The standard InChI is InChI=1S/C17H17F2I/c1-11-13-4-2-3-5-14(13)15(10-16(11)20)12-6-8-17(18,19)9-7-12/h2-5,10,12H,6-9H2,1H3. The average Bonchev–Trinajstić information content (AvgIpc) is 2.43. The van der Waals surface area contributed by atoms with Gasteiger partial charge in [0.25, 0.3) is 0 Å². The van der Waals surface area contributed by atoms with Crippen LogP contribution in [0, 0.1) is 10.5 Å². The van der Waals surface area contributed by atoms with Gasteiger partial charge in [0.2, 0.25) is 5.92 Å². The van der Waals surface area contributed by atoms with E-state index in [0.717, 1.165) is 0 Å². The number of rotatable bonds is 1. The number of benzene rings is 2. The Morgan fingerprint density at radius 1 is 1.10 bits per heavy atom. The van der Waals surface area contributed by atoms with Gasteiger partial charge in [-0.25, -0.2) is 8.78 Å². The van der Waals surface area contributed by atoms with Crippen molar-refractivity contribution in [3.05, 3.63) is 45.0 Å². The maximum atomic E-state index is 13.3. The van der Waals surface area contributed by atoms with Crippen LogP contribution in [-0.4, -0.2) is 5.92 Å². The fourth-order valence-corrected chi connectivity index (χ4v) is 3.83. The molecule has 0 atom stereocenters. The van der Waals surface area contributed by atoms with Gasteiger partial charge in [-0.15, -0.1) is 0 Å². The Balaban J connectivity index is 2.06. The van der Waals surface area contributed by atoms with Gasteiger partial charge in [-0.2, -0.15) is 0 Å². The minimum Gasteiger partial charge on any atom is -0.207 e. The Kier molecular flexibility index (Phi) is 3.73. The van der Waals surface area contributed by atoms with Gasteiger partial charge in [0.1, 0.15) is 0 Å². The zero-order valence-corrected chi connectivity index (χ0v) is 13.6. The maximum Gasteiger partial charge on any atom is 0.248 e. The van der Waals surface area contributed by atoms with E-state index >= 15 is 0 Å². The predicted molar refractivity (Wildman–Crippen MR) is 87.6 cm³/mol. The van der Waals surface area contributed by atoms with Crippen molar-refractivity contribution in [3.8, 4) is 0 Å². The van der Waals surface area contributed by atoms with Gasteiger partial charge in [0.05, 0.1) is 0 Å². The van der Waals surface area contributed by atoms with E-state index in [1.807, 2.05) is 12.1 Å². The first kappa shape index (κ1) is 14.2. The van der Waals surface area contributed by atoms with E-state index in [1.165, 1.54) is 25.5 Å². The molecule has 106 valence electrons. The van der Waals surface area contributed by atoms with Gasteiger partial charge in [-0.05, 0) is 76.2 Å². The first-order chi connectivity index (χ1) is 9.48. The first-order valence-electron chi connectivity index (χ1n) is 7.03. The molecule has 2 aromatic rings. The topological polar surface area (TPSA) is 0 Å². The highest BCUT2D eigenvalue weighted by atomic mass is 127. The van der Waals surface area contributed by atoms with Gasteiger partial charge in [-0.1, -0.05) is 24.3 Å². The summed E-state index contributed by atoms with van der Waals surface area (Å²) in [5.74, 6) is -2.18. The maximum absolute atomic E-state index is 13.3. The molecule has 0 heterocycles. The lowest BCUT2D eigenvalue weighted by molar-refractivity contribution is -0.0381. The quantitative estimate of drug-likeness (QED) is 0.524. The summed E-state index contributed by atoms with van der Waals surface area (Å²) < 4.78 is 27.9. The van der Waals surface area contributed by atoms with Crippen LogP contribution in [0.3, 0.4) is 0 Å². The molecule has 0 nitrogen and oxygen atoms in total. The Hall–Kier alpha value is -0.710. The van der Waals surface area contributed by atoms with E-state index in [2.05, 4.69) is 47.7 Å². The molecule has 1 fully saturated rings. The molecule has 3 rings (SSSR count). The van der Waals surface area contributed by atoms with Gasteiger partial charge in [-0.3, -0.25) is 0 Å². The molecule has 0 bridgehead atoms. The van der Waals surface area contributed by atoms with Crippen LogP contribution >= 0.6 is 22.6 Å². The smallest absolute Gasteiger partial charge is 0.207 e. The Labute approximate surface area is 131 Å². The second-order valence-corrected chi connectivity index (χ2v) is 6.91. The third kappa shape index (κ3) is 2.57. The molecule has 1 aliphatic carbocycles. The molecular weight excluding hydrogens is 369 g/mol. The first-order valence-corrected chi connectivity index (χ1v) is 8.11. The van der Waals surface area contributed by atoms with Crippen LogP contribution in [0.5, 0.6) is 0 Å².